The minimum Gasteiger partial charge on any atom is -0.353 e. The zero-order valence-electron chi connectivity index (χ0n) is 14.8. The molecule has 1 saturated heterocycles. The summed E-state index contributed by atoms with van der Waals surface area (Å²) in [5.41, 5.74) is 1.97. The maximum absolute atomic E-state index is 12.5. The van der Waals surface area contributed by atoms with Crippen LogP contribution in [0.1, 0.15) is 30.7 Å². The molecule has 0 radical (unpaired) electrons. The van der Waals surface area contributed by atoms with Crippen molar-refractivity contribution >= 4 is 11.7 Å². The van der Waals surface area contributed by atoms with Gasteiger partial charge in [0.25, 0.3) is 0 Å². The number of hydrogen-bond acceptors (Lipinski definition) is 5. The fourth-order valence-corrected chi connectivity index (χ4v) is 3.08. The molecular weight excluding hydrogens is 314 g/mol. The molecule has 25 heavy (non-hydrogen) atoms. The van der Waals surface area contributed by atoms with Crippen LogP contribution in [0.3, 0.4) is 0 Å². The van der Waals surface area contributed by atoms with Crippen molar-refractivity contribution in [3.63, 3.8) is 0 Å². The summed E-state index contributed by atoms with van der Waals surface area (Å²) in [6.45, 7) is 5.22. The summed E-state index contributed by atoms with van der Waals surface area (Å²) in [7, 11) is 0. The van der Waals surface area contributed by atoms with Crippen LogP contribution in [-0.4, -0.2) is 52.2 Å². The van der Waals surface area contributed by atoms with Gasteiger partial charge >= 0.3 is 0 Å². The maximum Gasteiger partial charge on any atom is 0.222 e. The highest BCUT2D eigenvalue weighted by Crippen LogP contribution is 2.14. The van der Waals surface area contributed by atoms with E-state index in [0.29, 0.717) is 6.42 Å². The van der Waals surface area contributed by atoms with Crippen LogP contribution in [0.25, 0.3) is 0 Å². The number of hydrogen-bond donors (Lipinski definition) is 0. The standard InChI is InChI=1S/C19H25N5O/c1-16-9-10-18(22-21-16)23-12-5-13-24(15-14-23)19(25)8-4-7-17-6-2-3-11-20-17/h2-3,6,9-11H,4-5,7-8,12-15H2,1H3. The lowest BCUT2D eigenvalue weighted by molar-refractivity contribution is -0.131. The highest BCUT2D eigenvalue weighted by atomic mass is 16.2. The molecule has 3 heterocycles. The molecular formula is C19H25N5O. The van der Waals surface area contributed by atoms with E-state index in [1.807, 2.05) is 42.2 Å². The Bertz CT molecular complexity index is 674. The van der Waals surface area contributed by atoms with E-state index in [1.165, 1.54) is 0 Å². The molecule has 0 unspecified atom stereocenters. The van der Waals surface area contributed by atoms with Crippen molar-refractivity contribution in [1.29, 1.82) is 0 Å². The molecule has 0 atom stereocenters. The van der Waals surface area contributed by atoms with Crippen molar-refractivity contribution < 1.29 is 4.79 Å². The van der Waals surface area contributed by atoms with E-state index in [4.69, 9.17) is 0 Å². The fraction of sp³-hybridized carbons (Fsp3) is 0.474. The lowest BCUT2D eigenvalue weighted by Gasteiger charge is -2.22. The molecule has 0 saturated carbocycles. The Morgan fingerprint density at radius 2 is 2.00 bits per heavy atom. The van der Waals surface area contributed by atoms with E-state index < -0.39 is 0 Å². The number of rotatable bonds is 5. The molecule has 0 aliphatic carbocycles. The number of carbonyl (C=O) groups is 1. The molecule has 1 aliphatic heterocycles. The molecule has 2 aromatic rings. The van der Waals surface area contributed by atoms with Crippen molar-refractivity contribution in [2.24, 2.45) is 0 Å². The number of amides is 1. The van der Waals surface area contributed by atoms with Crippen molar-refractivity contribution in [3.05, 3.63) is 47.9 Å². The Kier molecular flexibility index (Phi) is 5.93. The van der Waals surface area contributed by atoms with Crippen LogP contribution in [0.4, 0.5) is 5.82 Å². The second kappa shape index (κ2) is 8.55. The first-order valence-corrected chi connectivity index (χ1v) is 8.95. The van der Waals surface area contributed by atoms with Gasteiger partial charge in [0.15, 0.2) is 5.82 Å². The summed E-state index contributed by atoms with van der Waals surface area (Å²) >= 11 is 0. The third kappa shape index (κ3) is 4.98. The van der Waals surface area contributed by atoms with E-state index in [0.717, 1.165) is 62.6 Å². The van der Waals surface area contributed by atoms with Crippen LogP contribution in [0, 0.1) is 6.92 Å². The van der Waals surface area contributed by atoms with Crippen molar-refractivity contribution in [3.8, 4) is 0 Å². The minimum atomic E-state index is 0.243. The van der Waals surface area contributed by atoms with E-state index in [2.05, 4.69) is 20.1 Å². The first-order chi connectivity index (χ1) is 12.2. The summed E-state index contributed by atoms with van der Waals surface area (Å²) in [6, 6.07) is 9.90. The molecule has 1 fully saturated rings. The number of nitrogens with zero attached hydrogens (tertiary/aromatic N) is 5. The largest absolute Gasteiger partial charge is 0.353 e. The number of carbonyl (C=O) groups excluding carboxylic acids is 1. The maximum atomic E-state index is 12.5. The molecule has 1 amide bonds. The normalized spacial score (nSPS) is 15.1. The molecule has 1 aliphatic rings. The van der Waals surface area contributed by atoms with Gasteiger partial charge in [0.05, 0.1) is 5.69 Å². The smallest absolute Gasteiger partial charge is 0.222 e. The number of anilines is 1. The third-order valence-corrected chi connectivity index (χ3v) is 4.51. The highest BCUT2D eigenvalue weighted by Gasteiger charge is 2.19. The Morgan fingerprint density at radius 3 is 2.76 bits per heavy atom. The van der Waals surface area contributed by atoms with Crippen LogP contribution >= 0.6 is 0 Å². The van der Waals surface area contributed by atoms with Gasteiger partial charge in [-0.25, -0.2) is 0 Å². The molecule has 6 nitrogen and oxygen atoms in total. The quantitative estimate of drug-likeness (QED) is 0.836. The van der Waals surface area contributed by atoms with Gasteiger partial charge in [0.1, 0.15) is 0 Å². The van der Waals surface area contributed by atoms with Gasteiger partial charge in [-0.2, -0.15) is 5.10 Å². The molecule has 6 heteroatoms. The molecule has 0 spiro atoms. The van der Waals surface area contributed by atoms with Gasteiger partial charge in [-0.1, -0.05) is 6.07 Å². The van der Waals surface area contributed by atoms with Crippen LogP contribution in [-0.2, 0) is 11.2 Å². The lowest BCUT2D eigenvalue weighted by Crippen LogP contribution is -2.35. The average molecular weight is 339 g/mol. The number of pyridine rings is 1. The summed E-state index contributed by atoms with van der Waals surface area (Å²) < 4.78 is 0. The topological polar surface area (TPSA) is 62.2 Å². The van der Waals surface area contributed by atoms with E-state index in [9.17, 15) is 4.79 Å². The van der Waals surface area contributed by atoms with Gasteiger partial charge in [0, 0.05) is 44.5 Å². The van der Waals surface area contributed by atoms with Crippen LogP contribution < -0.4 is 4.90 Å². The zero-order valence-corrected chi connectivity index (χ0v) is 14.8. The van der Waals surface area contributed by atoms with Gasteiger partial charge in [-0.15, -0.1) is 5.10 Å². The summed E-state index contributed by atoms with van der Waals surface area (Å²) in [5.74, 6) is 1.14. The van der Waals surface area contributed by atoms with E-state index in [-0.39, 0.29) is 5.91 Å². The summed E-state index contributed by atoms with van der Waals surface area (Å²) in [6.07, 6.45) is 5.04. The summed E-state index contributed by atoms with van der Waals surface area (Å²) in [4.78, 5) is 21.0. The summed E-state index contributed by atoms with van der Waals surface area (Å²) in [5, 5.41) is 8.39. The molecule has 0 aromatic carbocycles. The monoisotopic (exact) mass is 339 g/mol. The highest BCUT2D eigenvalue weighted by molar-refractivity contribution is 5.76. The van der Waals surface area contributed by atoms with Crippen molar-refractivity contribution in [1.82, 2.24) is 20.1 Å². The predicted molar refractivity (Wildman–Crippen MR) is 97.4 cm³/mol. The second-order valence-corrected chi connectivity index (χ2v) is 6.43. The minimum absolute atomic E-state index is 0.243. The molecule has 3 rings (SSSR count). The zero-order chi connectivity index (χ0) is 17.5. The molecule has 132 valence electrons. The third-order valence-electron chi connectivity index (χ3n) is 4.51. The van der Waals surface area contributed by atoms with E-state index in [1.54, 1.807) is 6.20 Å². The van der Waals surface area contributed by atoms with Crippen molar-refractivity contribution in [2.75, 3.05) is 31.1 Å². The predicted octanol–water partition coefficient (Wildman–Crippen LogP) is 2.24. The second-order valence-electron chi connectivity index (χ2n) is 6.43. The van der Waals surface area contributed by atoms with Gasteiger partial charge < -0.3 is 9.80 Å². The number of aromatic nitrogens is 3. The van der Waals surface area contributed by atoms with Crippen LogP contribution in [0.2, 0.25) is 0 Å². The van der Waals surface area contributed by atoms with E-state index >= 15 is 0 Å². The molecule has 2 aromatic heterocycles. The Labute approximate surface area is 148 Å². The Hall–Kier alpha value is -2.50. The number of aryl methyl sites for hydroxylation is 2. The first kappa shape index (κ1) is 17.3. The average Bonchev–Trinajstić information content (AvgIpc) is 2.89. The first-order valence-electron chi connectivity index (χ1n) is 8.95. The molecule has 0 N–H and O–H groups in total. The van der Waals surface area contributed by atoms with Crippen LogP contribution in [0.5, 0.6) is 0 Å². The van der Waals surface area contributed by atoms with Crippen molar-refractivity contribution in [2.45, 2.75) is 32.6 Å². The van der Waals surface area contributed by atoms with Gasteiger partial charge in [0.2, 0.25) is 5.91 Å². The SMILES string of the molecule is Cc1ccc(N2CCCN(C(=O)CCCc3ccccn3)CC2)nn1. The fourth-order valence-electron chi connectivity index (χ4n) is 3.08. The Balaban J connectivity index is 1.47. The van der Waals surface area contributed by atoms with Gasteiger partial charge in [-0.05, 0) is 50.5 Å². The van der Waals surface area contributed by atoms with Gasteiger partial charge in [-0.3, -0.25) is 9.78 Å². The Morgan fingerprint density at radius 1 is 1.08 bits per heavy atom. The van der Waals surface area contributed by atoms with Crippen LogP contribution in [0.15, 0.2) is 36.5 Å². The molecule has 0 bridgehead atoms. The lowest BCUT2D eigenvalue weighted by atomic mass is 10.1.